The van der Waals surface area contributed by atoms with Crippen molar-refractivity contribution in [1.29, 1.82) is 0 Å². The van der Waals surface area contributed by atoms with Crippen molar-refractivity contribution in [2.45, 2.75) is 19.1 Å². The molecule has 2 rings (SSSR count). The summed E-state index contributed by atoms with van der Waals surface area (Å²) in [7, 11) is 0. The molecule has 0 aliphatic rings. The monoisotopic (exact) mass is 294 g/mol. The number of nitrogens with one attached hydrogen (secondary N) is 1. The molecule has 1 heterocycles. The molecule has 0 fully saturated rings. The topological polar surface area (TPSA) is 114 Å². The Bertz CT molecular complexity index is 678. The smallest absolute Gasteiger partial charge is 0.281 e. The first kappa shape index (κ1) is 15.1. The van der Waals surface area contributed by atoms with Crippen molar-refractivity contribution in [3.63, 3.8) is 0 Å². The molecule has 0 amide bonds. The Morgan fingerprint density at radius 2 is 2.33 bits per heavy atom. The first-order chi connectivity index (χ1) is 9.91. The number of non-ortho nitro benzene ring substituents is 1. The normalized spacial score (nSPS) is 13.9. The zero-order valence-electron chi connectivity index (χ0n) is 11.3. The van der Waals surface area contributed by atoms with Gasteiger partial charge in [-0.15, -0.1) is 0 Å². The molecule has 0 saturated heterocycles. The van der Waals surface area contributed by atoms with Crippen molar-refractivity contribution in [2.75, 3.05) is 11.9 Å². The second kappa shape index (κ2) is 5.98. The summed E-state index contributed by atoms with van der Waals surface area (Å²) in [6.45, 7) is 1.63. The minimum atomic E-state index is -0.786. The van der Waals surface area contributed by atoms with Gasteiger partial charge in [0.15, 0.2) is 5.82 Å². The zero-order valence-corrected chi connectivity index (χ0v) is 11.3. The maximum atomic E-state index is 14.1. The molecule has 0 radical (unpaired) electrons. The third-order valence-corrected chi connectivity index (χ3v) is 3.15. The van der Waals surface area contributed by atoms with Crippen LogP contribution in [-0.2, 0) is 0 Å². The largest absolute Gasteiger partial charge is 0.392 e. The van der Waals surface area contributed by atoms with E-state index in [0.29, 0.717) is 0 Å². The number of halogens is 1. The fourth-order valence-electron chi connectivity index (χ4n) is 1.90. The molecule has 0 saturated carbocycles. The molecule has 0 aliphatic heterocycles. The molecule has 4 N–H and O–H groups in total. The Morgan fingerprint density at radius 1 is 1.62 bits per heavy atom. The van der Waals surface area contributed by atoms with E-state index in [2.05, 4.69) is 10.3 Å². The zero-order chi connectivity index (χ0) is 15.6. The van der Waals surface area contributed by atoms with Crippen LogP contribution in [0.25, 0.3) is 10.9 Å². The summed E-state index contributed by atoms with van der Waals surface area (Å²) < 4.78 is 14.1. The lowest BCUT2D eigenvalue weighted by atomic mass is 10.1. The first-order valence-corrected chi connectivity index (χ1v) is 6.31. The standard InChI is InChI=1S/C13H15FN4O3/c1-7(19)10(15)6-17-13-9(14)5-11(18(20)21)8-3-2-4-16-12(8)13/h2-5,7,10,17,19H,6,15H2,1H3. The lowest BCUT2D eigenvalue weighted by Gasteiger charge is -2.17. The predicted octanol–water partition coefficient (Wildman–Crippen LogP) is 1.40. The predicted molar refractivity (Wildman–Crippen MR) is 76.5 cm³/mol. The van der Waals surface area contributed by atoms with E-state index in [1.54, 1.807) is 6.07 Å². The third kappa shape index (κ3) is 3.06. The van der Waals surface area contributed by atoms with Crippen LogP contribution in [-0.4, -0.2) is 33.7 Å². The molecule has 2 unspecified atom stereocenters. The summed E-state index contributed by atoms with van der Waals surface area (Å²) >= 11 is 0. The van der Waals surface area contributed by atoms with Gasteiger partial charge in [0.2, 0.25) is 0 Å². The lowest BCUT2D eigenvalue weighted by Crippen LogP contribution is -2.38. The van der Waals surface area contributed by atoms with E-state index in [1.807, 2.05) is 0 Å². The Kier molecular flexibility index (Phi) is 4.29. The van der Waals surface area contributed by atoms with Crippen LogP contribution >= 0.6 is 0 Å². The van der Waals surface area contributed by atoms with Gasteiger partial charge in [-0.1, -0.05) is 0 Å². The molecule has 1 aromatic heterocycles. The highest BCUT2D eigenvalue weighted by atomic mass is 19.1. The molecular weight excluding hydrogens is 279 g/mol. The Hall–Kier alpha value is -2.32. The number of anilines is 1. The molecule has 2 atom stereocenters. The molecule has 1 aromatic carbocycles. The lowest BCUT2D eigenvalue weighted by molar-refractivity contribution is -0.383. The molecule has 7 nitrogen and oxygen atoms in total. The second-order valence-corrected chi connectivity index (χ2v) is 4.69. The summed E-state index contributed by atoms with van der Waals surface area (Å²) in [5.74, 6) is -0.786. The number of rotatable bonds is 5. The van der Waals surface area contributed by atoms with Crippen LogP contribution < -0.4 is 11.1 Å². The van der Waals surface area contributed by atoms with E-state index in [4.69, 9.17) is 5.73 Å². The first-order valence-electron chi connectivity index (χ1n) is 6.31. The minimum absolute atomic E-state index is 0.0345. The van der Waals surface area contributed by atoms with E-state index >= 15 is 0 Å². The van der Waals surface area contributed by atoms with E-state index in [0.717, 1.165) is 6.07 Å². The summed E-state index contributed by atoms with van der Waals surface area (Å²) in [5, 5.41) is 23.3. The third-order valence-electron chi connectivity index (χ3n) is 3.15. The number of aromatic nitrogens is 1. The molecular formula is C13H15FN4O3. The fraction of sp³-hybridized carbons (Fsp3) is 0.308. The van der Waals surface area contributed by atoms with Gasteiger partial charge in [0.25, 0.3) is 5.69 Å². The number of nitro benzene ring substituents is 1. The van der Waals surface area contributed by atoms with Gasteiger partial charge in [0, 0.05) is 18.8 Å². The van der Waals surface area contributed by atoms with E-state index < -0.39 is 22.9 Å². The van der Waals surface area contributed by atoms with Crippen molar-refractivity contribution >= 4 is 22.3 Å². The number of hydrogen-bond donors (Lipinski definition) is 3. The van der Waals surface area contributed by atoms with Crippen LogP contribution in [0, 0.1) is 15.9 Å². The van der Waals surface area contributed by atoms with Gasteiger partial charge in [-0.3, -0.25) is 15.1 Å². The van der Waals surface area contributed by atoms with Gasteiger partial charge in [-0.05, 0) is 19.1 Å². The number of fused-ring (bicyclic) bond motifs is 1. The number of nitrogens with two attached hydrogens (primary N) is 1. The number of pyridine rings is 1. The van der Waals surface area contributed by atoms with Crippen LogP contribution in [0.4, 0.5) is 15.8 Å². The number of nitrogens with zero attached hydrogens (tertiary/aromatic N) is 2. The van der Waals surface area contributed by atoms with Gasteiger partial charge in [0.1, 0.15) is 5.52 Å². The molecule has 21 heavy (non-hydrogen) atoms. The van der Waals surface area contributed by atoms with Gasteiger partial charge in [0.05, 0.1) is 28.2 Å². The average Bonchev–Trinajstić information content (AvgIpc) is 2.44. The van der Waals surface area contributed by atoms with Crippen molar-refractivity contribution in [1.82, 2.24) is 4.98 Å². The minimum Gasteiger partial charge on any atom is -0.392 e. The Balaban J connectivity index is 2.47. The fourth-order valence-corrected chi connectivity index (χ4v) is 1.90. The summed E-state index contributed by atoms with van der Waals surface area (Å²) in [4.78, 5) is 14.3. The summed E-state index contributed by atoms with van der Waals surface area (Å²) in [6, 6.07) is 3.29. The van der Waals surface area contributed by atoms with Crippen LogP contribution in [0.5, 0.6) is 0 Å². The molecule has 112 valence electrons. The number of benzene rings is 1. The van der Waals surface area contributed by atoms with Gasteiger partial charge in [-0.25, -0.2) is 4.39 Å². The van der Waals surface area contributed by atoms with E-state index in [-0.39, 0.29) is 28.8 Å². The number of hydrogen-bond acceptors (Lipinski definition) is 6. The van der Waals surface area contributed by atoms with Crippen molar-refractivity contribution in [3.8, 4) is 0 Å². The van der Waals surface area contributed by atoms with Crippen LogP contribution in [0.3, 0.4) is 0 Å². The number of aliphatic hydroxyl groups excluding tert-OH is 1. The van der Waals surface area contributed by atoms with Crippen LogP contribution in [0.1, 0.15) is 6.92 Å². The molecule has 2 aromatic rings. The van der Waals surface area contributed by atoms with Gasteiger partial charge < -0.3 is 16.2 Å². The highest BCUT2D eigenvalue weighted by Gasteiger charge is 2.20. The number of nitro groups is 1. The molecule has 0 bridgehead atoms. The molecule has 0 aliphatic carbocycles. The molecule has 0 spiro atoms. The van der Waals surface area contributed by atoms with E-state index in [9.17, 15) is 19.6 Å². The molecule has 8 heteroatoms. The highest BCUT2D eigenvalue weighted by Crippen LogP contribution is 2.32. The quantitative estimate of drug-likeness (QED) is 0.567. The average molecular weight is 294 g/mol. The van der Waals surface area contributed by atoms with Gasteiger partial charge in [-0.2, -0.15) is 0 Å². The van der Waals surface area contributed by atoms with Crippen molar-refractivity contribution < 1.29 is 14.4 Å². The SMILES string of the molecule is CC(O)C(N)CNc1c(F)cc([N+](=O)[O-])c2cccnc12. The Labute approximate surface area is 119 Å². The maximum Gasteiger partial charge on any atom is 0.281 e. The summed E-state index contributed by atoms with van der Waals surface area (Å²) in [5.41, 5.74) is 5.52. The summed E-state index contributed by atoms with van der Waals surface area (Å²) in [6.07, 6.45) is 0.656. The second-order valence-electron chi connectivity index (χ2n) is 4.69. The van der Waals surface area contributed by atoms with E-state index in [1.165, 1.54) is 19.2 Å². The van der Waals surface area contributed by atoms with Crippen LogP contribution in [0.2, 0.25) is 0 Å². The number of aliphatic hydroxyl groups is 1. The Morgan fingerprint density at radius 3 is 2.95 bits per heavy atom. The van der Waals surface area contributed by atoms with Crippen LogP contribution in [0.15, 0.2) is 24.4 Å². The maximum absolute atomic E-state index is 14.1. The van der Waals surface area contributed by atoms with Crippen molar-refractivity contribution in [3.05, 3.63) is 40.3 Å². The highest BCUT2D eigenvalue weighted by molar-refractivity contribution is 5.97. The van der Waals surface area contributed by atoms with Crippen molar-refractivity contribution in [2.24, 2.45) is 5.73 Å². The van der Waals surface area contributed by atoms with Gasteiger partial charge >= 0.3 is 0 Å².